The zero-order chi connectivity index (χ0) is 50.7. The number of rotatable bonds is 23. The van der Waals surface area contributed by atoms with Crippen molar-refractivity contribution in [3.05, 3.63) is 144 Å². The Labute approximate surface area is 427 Å². The summed E-state index contributed by atoms with van der Waals surface area (Å²) < 4.78 is 55.2. The van der Waals surface area contributed by atoms with Crippen molar-refractivity contribution in [1.29, 1.82) is 0 Å². The molecule has 6 aromatic carbocycles. The van der Waals surface area contributed by atoms with Gasteiger partial charge in [-0.05, 0) is 108 Å². The second kappa shape index (κ2) is 23.8. The molecular weight excluding hydrogens is 947 g/mol. The highest BCUT2D eigenvalue weighted by Gasteiger charge is 2.39. The van der Waals surface area contributed by atoms with E-state index in [9.17, 15) is 22.8 Å². The summed E-state index contributed by atoms with van der Waals surface area (Å²) in [4.78, 5) is 46.2. The van der Waals surface area contributed by atoms with Gasteiger partial charge in [0.1, 0.15) is 42.3 Å². The van der Waals surface area contributed by atoms with Gasteiger partial charge in [-0.25, -0.2) is 8.42 Å². The molecule has 1 atom stereocenters. The molecule has 73 heavy (non-hydrogen) atoms. The smallest absolute Gasteiger partial charge is 0.255 e. The van der Waals surface area contributed by atoms with Crippen LogP contribution < -0.4 is 24.4 Å². The number of nitrogens with one attached hydrogen (secondary N) is 1. The summed E-state index contributed by atoms with van der Waals surface area (Å²) in [6.45, 7) is 12.4. The van der Waals surface area contributed by atoms with Gasteiger partial charge in [0.2, 0.25) is 11.8 Å². The second-order valence-corrected chi connectivity index (χ2v) is 20.6. The van der Waals surface area contributed by atoms with Crippen LogP contribution in [0.3, 0.4) is 0 Å². The molecule has 0 aromatic heterocycles. The molecular formula is C57H63N5O10S. The van der Waals surface area contributed by atoms with E-state index in [1.807, 2.05) is 97.1 Å². The van der Waals surface area contributed by atoms with Crippen LogP contribution in [0.1, 0.15) is 41.3 Å². The number of piperazine rings is 1. The van der Waals surface area contributed by atoms with Crippen molar-refractivity contribution in [1.82, 2.24) is 20.0 Å². The van der Waals surface area contributed by atoms with Crippen molar-refractivity contribution >= 4 is 44.0 Å². The second-order valence-electron chi connectivity index (χ2n) is 18.5. The molecule has 382 valence electrons. The summed E-state index contributed by atoms with van der Waals surface area (Å²) in [5.74, 6) is 1.91. The zero-order valence-corrected chi connectivity index (χ0v) is 42.3. The fraction of sp³-hybridized carbons (Fsp3) is 0.351. The average molecular weight is 1010 g/mol. The van der Waals surface area contributed by atoms with E-state index in [-0.39, 0.29) is 23.1 Å². The molecule has 0 aliphatic carbocycles. The maximum atomic E-state index is 13.3. The maximum absolute atomic E-state index is 13.3. The molecule has 0 saturated carbocycles. The van der Waals surface area contributed by atoms with E-state index in [2.05, 4.69) is 33.0 Å². The number of hydrogen-bond acceptors (Lipinski definition) is 13. The number of amides is 3. The Balaban J connectivity index is 0.678. The molecule has 0 bridgehead atoms. The van der Waals surface area contributed by atoms with E-state index in [4.69, 9.17) is 23.7 Å². The Morgan fingerprint density at radius 2 is 1.42 bits per heavy atom. The first-order valence-corrected chi connectivity index (χ1v) is 27.0. The van der Waals surface area contributed by atoms with Gasteiger partial charge in [0, 0.05) is 87.2 Å². The molecule has 16 heteroatoms. The number of sulfone groups is 1. The van der Waals surface area contributed by atoms with Crippen molar-refractivity contribution in [3.8, 4) is 34.1 Å². The number of carbonyl (C=O) groups is 3. The lowest BCUT2D eigenvalue weighted by atomic mass is 9.99. The standard InChI is InChI=1S/C57H63N5O10S/c1-3-59(29-32-68-35-36-69-33-30-60-25-27-61(28-26-60)45-13-9-44-39-62(57(65)52(44)38-45)53-23-24-54(63)58-56(53)64)31-34-70-46-14-16-47(17-15-46)72-55-50(42-10-19-49(20-11-42)73(2,66)67)21-12-43-37-48(18-22-51(43)55)71-40-41-7-5-4-6-8-41/h4-22,37-38,53H,3,23-36,39-40H2,1-2H3,(H,58,63,64). The zero-order valence-electron chi connectivity index (χ0n) is 41.5. The van der Waals surface area contributed by atoms with Gasteiger partial charge in [0.25, 0.3) is 5.91 Å². The predicted molar refractivity (Wildman–Crippen MR) is 280 cm³/mol. The minimum absolute atomic E-state index is 0.151. The third-order valence-corrected chi connectivity index (χ3v) is 14.8. The number of nitrogens with zero attached hydrogens (tertiary/aromatic N) is 4. The quantitative estimate of drug-likeness (QED) is 0.0495. The summed E-state index contributed by atoms with van der Waals surface area (Å²) in [7, 11) is -3.35. The van der Waals surface area contributed by atoms with Crippen molar-refractivity contribution in [2.75, 3.05) is 96.5 Å². The third kappa shape index (κ3) is 13.1. The van der Waals surface area contributed by atoms with E-state index in [0.29, 0.717) is 69.7 Å². The Morgan fingerprint density at radius 3 is 2.16 bits per heavy atom. The van der Waals surface area contributed by atoms with Gasteiger partial charge in [0.05, 0.1) is 31.3 Å². The molecule has 0 radical (unpaired) electrons. The first-order chi connectivity index (χ1) is 35.5. The highest BCUT2D eigenvalue weighted by atomic mass is 32.2. The molecule has 3 amide bonds. The van der Waals surface area contributed by atoms with E-state index in [0.717, 1.165) is 103 Å². The van der Waals surface area contributed by atoms with Crippen LogP contribution in [0.25, 0.3) is 21.9 Å². The largest absolute Gasteiger partial charge is 0.492 e. The minimum atomic E-state index is -3.35. The Bertz CT molecular complexity index is 2980. The lowest BCUT2D eigenvalue weighted by molar-refractivity contribution is -0.136. The molecule has 2 fully saturated rings. The maximum Gasteiger partial charge on any atom is 0.255 e. The average Bonchev–Trinajstić information content (AvgIpc) is 3.73. The van der Waals surface area contributed by atoms with Crippen LogP contribution in [0.4, 0.5) is 5.69 Å². The lowest BCUT2D eigenvalue weighted by Crippen LogP contribution is -2.52. The highest BCUT2D eigenvalue weighted by molar-refractivity contribution is 7.90. The molecule has 9 rings (SSSR count). The first-order valence-electron chi connectivity index (χ1n) is 25.1. The van der Waals surface area contributed by atoms with Gasteiger partial charge in [-0.3, -0.25) is 29.5 Å². The normalized spacial score (nSPS) is 16.3. The SMILES string of the molecule is CCN(CCOCCOCCN1CCN(c2ccc3c(c2)C(=O)N(C2CCC(=O)NC2=O)C3)CC1)CCOc1ccc(Oc2c(-c3ccc(S(C)(=O)=O)cc3)ccc3cc(OCc4ccccc4)ccc23)cc1. The number of ether oxygens (including phenoxy) is 5. The number of hydrogen-bond donors (Lipinski definition) is 1. The van der Waals surface area contributed by atoms with Crippen molar-refractivity contribution in [3.63, 3.8) is 0 Å². The fourth-order valence-electron chi connectivity index (χ4n) is 9.45. The van der Waals surface area contributed by atoms with Crippen molar-refractivity contribution in [2.24, 2.45) is 0 Å². The number of piperidine rings is 1. The van der Waals surface area contributed by atoms with E-state index in [1.165, 1.54) is 6.26 Å². The van der Waals surface area contributed by atoms with E-state index >= 15 is 0 Å². The summed E-state index contributed by atoms with van der Waals surface area (Å²) in [5, 5.41) is 4.19. The summed E-state index contributed by atoms with van der Waals surface area (Å²) >= 11 is 0. The highest BCUT2D eigenvalue weighted by Crippen LogP contribution is 2.41. The predicted octanol–water partition coefficient (Wildman–Crippen LogP) is 7.60. The molecule has 0 spiro atoms. The molecule has 1 N–H and O–H groups in total. The number of benzene rings is 6. The fourth-order valence-corrected chi connectivity index (χ4v) is 10.1. The monoisotopic (exact) mass is 1010 g/mol. The van der Waals surface area contributed by atoms with E-state index in [1.54, 1.807) is 29.2 Å². The van der Waals surface area contributed by atoms with Crippen LogP contribution in [0.15, 0.2) is 132 Å². The van der Waals surface area contributed by atoms with Crippen molar-refractivity contribution < 1.29 is 46.5 Å². The molecule has 2 saturated heterocycles. The van der Waals surface area contributed by atoms with Crippen LogP contribution in [-0.2, 0) is 42.1 Å². The number of fused-ring (bicyclic) bond motifs is 2. The molecule has 15 nitrogen and oxygen atoms in total. The van der Waals surface area contributed by atoms with Crippen molar-refractivity contribution in [2.45, 2.75) is 43.9 Å². The van der Waals surface area contributed by atoms with Crippen LogP contribution in [0.5, 0.6) is 23.0 Å². The van der Waals surface area contributed by atoms with Gasteiger partial charge in [-0.2, -0.15) is 0 Å². The first kappa shape index (κ1) is 51.1. The van der Waals surface area contributed by atoms with Crippen LogP contribution in [-0.4, -0.2) is 139 Å². The molecule has 3 aliphatic heterocycles. The van der Waals surface area contributed by atoms with Gasteiger partial charge in [-0.1, -0.05) is 61.5 Å². The summed E-state index contributed by atoms with van der Waals surface area (Å²) in [6, 6.07) is 39.8. The van der Waals surface area contributed by atoms with Crippen LogP contribution in [0, 0.1) is 0 Å². The van der Waals surface area contributed by atoms with E-state index < -0.39 is 21.8 Å². The number of likely N-dealkylation sites (N-methyl/N-ethyl adjacent to an activating group) is 1. The molecule has 3 heterocycles. The van der Waals surface area contributed by atoms with Gasteiger partial charge in [0.15, 0.2) is 9.84 Å². The number of anilines is 1. The number of carbonyl (C=O) groups excluding carboxylic acids is 3. The lowest BCUT2D eigenvalue weighted by Gasteiger charge is -2.36. The molecule has 1 unspecified atom stereocenters. The van der Waals surface area contributed by atoms with Gasteiger partial charge in [-0.15, -0.1) is 0 Å². The summed E-state index contributed by atoms with van der Waals surface area (Å²) in [5.41, 5.74) is 5.28. The minimum Gasteiger partial charge on any atom is -0.492 e. The Kier molecular flexibility index (Phi) is 16.7. The van der Waals surface area contributed by atoms with Gasteiger partial charge >= 0.3 is 0 Å². The molecule has 3 aliphatic rings. The Hall–Kier alpha value is -6.82. The Morgan fingerprint density at radius 1 is 0.699 bits per heavy atom. The summed E-state index contributed by atoms with van der Waals surface area (Å²) in [6.07, 6.45) is 1.80. The third-order valence-electron chi connectivity index (χ3n) is 13.7. The number of imide groups is 1. The van der Waals surface area contributed by atoms with Crippen LogP contribution in [0.2, 0.25) is 0 Å². The van der Waals surface area contributed by atoms with Crippen LogP contribution >= 0.6 is 0 Å². The van der Waals surface area contributed by atoms with Gasteiger partial charge < -0.3 is 33.5 Å². The molecule has 6 aromatic rings. The topological polar surface area (TPSA) is 156 Å².